The molecule has 0 spiro atoms. The molecule has 0 fully saturated rings. The summed E-state index contributed by atoms with van der Waals surface area (Å²) in [5.41, 5.74) is 8.42. The van der Waals surface area contributed by atoms with Crippen LogP contribution in [0.15, 0.2) is 54.6 Å². The van der Waals surface area contributed by atoms with Gasteiger partial charge in [0.1, 0.15) is 5.75 Å². The molecular formula is C18H24N2O. The molecule has 0 saturated heterocycles. The second kappa shape index (κ2) is 7.70. The third-order valence-corrected chi connectivity index (χ3v) is 3.89. The van der Waals surface area contributed by atoms with Gasteiger partial charge >= 0.3 is 0 Å². The number of hydrogen-bond acceptors (Lipinski definition) is 3. The van der Waals surface area contributed by atoms with Gasteiger partial charge in [0.2, 0.25) is 0 Å². The third-order valence-electron chi connectivity index (χ3n) is 3.89. The minimum absolute atomic E-state index is 0.293. The fraction of sp³-hybridized carbons (Fsp3) is 0.333. The summed E-state index contributed by atoms with van der Waals surface area (Å²) in [6.45, 7) is 0.626. The molecule has 21 heavy (non-hydrogen) atoms. The Morgan fingerprint density at radius 1 is 1.05 bits per heavy atom. The van der Waals surface area contributed by atoms with Crippen LogP contribution in [0.25, 0.3) is 0 Å². The number of nitrogens with zero attached hydrogens (tertiary/aromatic N) is 1. The fourth-order valence-electron chi connectivity index (χ4n) is 2.57. The van der Waals surface area contributed by atoms with Crippen LogP contribution in [0.2, 0.25) is 0 Å². The van der Waals surface area contributed by atoms with E-state index in [9.17, 15) is 0 Å². The van der Waals surface area contributed by atoms with Gasteiger partial charge in [-0.05, 0) is 30.5 Å². The summed E-state index contributed by atoms with van der Waals surface area (Å²) in [7, 11) is 3.79. The van der Waals surface area contributed by atoms with E-state index >= 15 is 0 Å². The first-order valence-corrected chi connectivity index (χ1v) is 7.36. The van der Waals surface area contributed by atoms with Crippen LogP contribution in [0, 0.1) is 0 Å². The number of methoxy groups -OCH3 is 1. The maximum atomic E-state index is 5.98. The predicted molar refractivity (Wildman–Crippen MR) is 89.0 cm³/mol. The summed E-state index contributed by atoms with van der Waals surface area (Å²) >= 11 is 0. The largest absolute Gasteiger partial charge is 0.495 e. The lowest BCUT2D eigenvalue weighted by atomic mass is 10.0. The zero-order valence-corrected chi connectivity index (χ0v) is 12.8. The van der Waals surface area contributed by atoms with Gasteiger partial charge in [0.15, 0.2) is 0 Å². The van der Waals surface area contributed by atoms with Crippen LogP contribution >= 0.6 is 0 Å². The highest BCUT2D eigenvalue weighted by atomic mass is 16.5. The van der Waals surface area contributed by atoms with Gasteiger partial charge in [0.25, 0.3) is 0 Å². The van der Waals surface area contributed by atoms with Gasteiger partial charge in [-0.3, -0.25) is 0 Å². The summed E-state index contributed by atoms with van der Waals surface area (Å²) in [6.07, 6.45) is 2.05. The van der Waals surface area contributed by atoms with E-state index in [0.717, 1.165) is 24.3 Å². The van der Waals surface area contributed by atoms with E-state index in [1.54, 1.807) is 7.11 Å². The lowest BCUT2D eigenvalue weighted by Gasteiger charge is -2.30. The van der Waals surface area contributed by atoms with Crippen molar-refractivity contribution in [3.8, 4) is 5.75 Å². The molecule has 1 unspecified atom stereocenters. The van der Waals surface area contributed by atoms with Crippen molar-refractivity contribution in [1.29, 1.82) is 0 Å². The topological polar surface area (TPSA) is 38.5 Å². The Labute approximate surface area is 127 Å². The van der Waals surface area contributed by atoms with Crippen LogP contribution in [-0.2, 0) is 6.42 Å². The Morgan fingerprint density at radius 2 is 1.71 bits per heavy atom. The average molecular weight is 284 g/mol. The minimum atomic E-state index is 0.293. The summed E-state index contributed by atoms with van der Waals surface area (Å²) in [5.74, 6) is 0.887. The van der Waals surface area contributed by atoms with Crippen molar-refractivity contribution >= 4 is 5.69 Å². The van der Waals surface area contributed by atoms with Crippen LogP contribution in [0.3, 0.4) is 0 Å². The number of ether oxygens (including phenoxy) is 1. The van der Waals surface area contributed by atoms with Crippen LogP contribution in [0.1, 0.15) is 12.0 Å². The third kappa shape index (κ3) is 3.99. The molecule has 2 N–H and O–H groups in total. The second-order valence-electron chi connectivity index (χ2n) is 5.20. The standard InChI is InChI=1S/C18H24N2O/c1-20(17-10-6-7-11-18(17)21-2)16(14-19)13-12-15-8-4-3-5-9-15/h3-11,16H,12-14,19H2,1-2H3. The average Bonchev–Trinajstić information content (AvgIpc) is 2.56. The molecule has 0 amide bonds. The van der Waals surface area contributed by atoms with Crippen molar-refractivity contribution in [2.24, 2.45) is 5.73 Å². The quantitative estimate of drug-likeness (QED) is 0.849. The number of para-hydroxylation sites is 2. The zero-order chi connectivity index (χ0) is 15.1. The highest BCUT2D eigenvalue weighted by Gasteiger charge is 2.16. The van der Waals surface area contributed by atoms with Gasteiger partial charge in [-0.2, -0.15) is 0 Å². The smallest absolute Gasteiger partial charge is 0.142 e. The molecule has 0 aromatic heterocycles. The van der Waals surface area contributed by atoms with Crippen LogP contribution in [0.4, 0.5) is 5.69 Å². The predicted octanol–water partition coefficient (Wildman–Crippen LogP) is 3.09. The molecule has 2 aromatic rings. The first-order valence-electron chi connectivity index (χ1n) is 7.36. The zero-order valence-electron chi connectivity index (χ0n) is 12.8. The van der Waals surface area contributed by atoms with Crippen molar-refractivity contribution in [2.75, 3.05) is 25.6 Å². The number of aryl methyl sites for hydroxylation is 1. The van der Waals surface area contributed by atoms with E-state index in [-0.39, 0.29) is 0 Å². The molecule has 2 rings (SSSR count). The van der Waals surface area contributed by atoms with Crippen LogP contribution in [-0.4, -0.2) is 26.7 Å². The Kier molecular flexibility index (Phi) is 5.64. The Morgan fingerprint density at radius 3 is 2.38 bits per heavy atom. The molecule has 0 bridgehead atoms. The number of benzene rings is 2. The number of hydrogen-bond donors (Lipinski definition) is 1. The molecule has 0 aliphatic heterocycles. The normalized spacial score (nSPS) is 12.0. The van der Waals surface area contributed by atoms with E-state index in [0.29, 0.717) is 12.6 Å². The Bertz CT molecular complexity index is 542. The van der Waals surface area contributed by atoms with Gasteiger partial charge < -0.3 is 15.4 Å². The molecule has 1 atom stereocenters. The summed E-state index contributed by atoms with van der Waals surface area (Å²) in [6, 6.07) is 18.9. The second-order valence-corrected chi connectivity index (χ2v) is 5.20. The maximum Gasteiger partial charge on any atom is 0.142 e. The maximum absolute atomic E-state index is 5.98. The lowest BCUT2D eigenvalue weighted by Crippen LogP contribution is -2.38. The molecule has 2 aromatic carbocycles. The number of rotatable bonds is 7. The molecule has 0 aliphatic rings. The Balaban J connectivity index is 2.06. The van der Waals surface area contributed by atoms with Gasteiger partial charge in [-0.1, -0.05) is 42.5 Å². The van der Waals surface area contributed by atoms with Crippen molar-refractivity contribution in [1.82, 2.24) is 0 Å². The molecule has 0 radical (unpaired) electrons. The van der Waals surface area contributed by atoms with Gasteiger partial charge in [0.05, 0.1) is 12.8 Å². The number of likely N-dealkylation sites (N-methyl/N-ethyl adjacent to an activating group) is 1. The molecule has 3 nitrogen and oxygen atoms in total. The number of anilines is 1. The highest BCUT2D eigenvalue weighted by molar-refractivity contribution is 5.58. The van der Waals surface area contributed by atoms with Crippen molar-refractivity contribution < 1.29 is 4.74 Å². The van der Waals surface area contributed by atoms with Gasteiger partial charge in [0, 0.05) is 19.6 Å². The van der Waals surface area contributed by atoms with Crippen molar-refractivity contribution in [3.05, 3.63) is 60.2 Å². The van der Waals surface area contributed by atoms with Crippen molar-refractivity contribution in [2.45, 2.75) is 18.9 Å². The lowest BCUT2D eigenvalue weighted by molar-refractivity contribution is 0.413. The van der Waals surface area contributed by atoms with E-state index in [1.807, 2.05) is 24.3 Å². The van der Waals surface area contributed by atoms with Crippen molar-refractivity contribution in [3.63, 3.8) is 0 Å². The monoisotopic (exact) mass is 284 g/mol. The van der Waals surface area contributed by atoms with Crippen LogP contribution < -0.4 is 15.4 Å². The minimum Gasteiger partial charge on any atom is -0.495 e. The molecule has 112 valence electrons. The van der Waals surface area contributed by atoms with Gasteiger partial charge in [-0.25, -0.2) is 0 Å². The molecule has 0 heterocycles. The fourth-order valence-corrected chi connectivity index (χ4v) is 2.57. The summed E-state index contributed by atoms with van der Waals surface area (Å²) in [4.78, 5) is 2.22. The van der Waals surface area contributed by atoms with E-state index in [1.165, 1.54) is 5.56 Å². The van der Waals surface area contributed by atoms with E-state index < -0.39 is 0 Å². The van der Waals surface area contributed by atoms with Gasteiger partial charge in [-0.15, -0.1) is 0 Å². The summed E-state index contributed by atoms with van der Waals surface area (Å²) in [5, 5.41) is 0. The first kappa shape index (κ1) is 15.4. The number of nitrogens with two attached hydrogens (primary N) is 1. The van der Waals surface area contributed by atoms with E-state index in [2.05, 4.69) is 42.3 Å². The highest BCUT2D eigenvalue weighted by Crippen LogP contribution is 2.28. The van der Waals surface area contributed by atoms with Crippen LogP contribution in [0.5, 0.6) is 5.75 Å². The summed E-state index contributed by atoms with van der Waals surface area (Å²) < 4.78 is 5.44. The molecule has 0 aliphatic carbocycles. The SMILES string of the molecule is COc1ccccc1N(C)C(CN)CCc1ccccc1. The molecular weight excluding hydrogens is 260 g/mol. The Hall–Kier alpha value is -2.00. The molecule has 0 saturated carbocycles. The first-order chi connectivity index (χ1) is 10.3. The van der Waals surface area contributed by atoms with E-state index in [4.69, 9.17) is 10.5 Å². The molecule has 3 heteroatoms.